The monoisotopic (exact) mass is 454 g/mol. The molecule has 11 heteroatoms. The fourth-order valence-corrected chi connectivity index (χ4v) is 6.75. The van der Waals surface area contributed by atoms with E-state index in [0.29, 0.717) is 31.0 Å². The number of sulfone groups is 1. The van der Waals surface area contributed by atoms with E-state index in [0.717, 1.165) is 0 Å². The van der Waals surface area contributed by atoms with Gasteiger partial charge in [0.2, 0.25) is 10.0 Å². The molecule has 1 N–H and O–H groups in total. The Morgan fingerprint density at radius 1 is 1.27 bits per heavy atom. The summed E-state index contributed by atoms with van der Waals surface area (Å²) in [5, 5.41) is 7.09. The molecule has 9 nitrogen and oxygen atoms in total. The molecule has 1 saturated heterocycles. The molecule has 0 spiro atoms. The van der Waals surface area contributed by atoms with Gasteiger partial charge in [-0.1, -0.05) is 19.9 Å². The van der Waals surface area contributed by atoms with Crippen molar-refractivity contribution in [3.05, 3.63) is 41.6 Å². The van der Waals surface area contributed by atoms with Gasteiger partial charge in [0.05, 0.1) is 28.1 Å². The fourth-order valence-electron chi connectivity index (χ4n) is 3.56. The molecular weight excluding hydrogens is 428 g/mol. The molecule has 2 aromatic rings. The van der Waals surface area contributed by atoms with E-state index >= 15 is 0 Å². The highest BCUT2D eigenvalue weighted by molar-refractivity contribution is 7.91. The Bertz CT molecular complexity index is 1150. The molecule has 1 aliphatic rings. The third-order valence-electron chi connectivity index (χ3n) is 5.09. The lowest BCUT2D eigenvalue weighted by atomic mass is 10.2. The number of amides is 1. The highest BCUT2D eigenvalue weighted by atomic mass is 32.2. The molecule has 0 radical (unpaired) electrons. The van der Waals surface area contributed by atoms with Crippen LogP contribution in [0.25, 0.3) is 0 Å². The van der Waals surface area contributed by atoms with E-state index in [9.17, 15) is 21.6 Å². The van der Waals surface area contributed by atoms with E-state index in [1.807, 2.05) is 0 Å². The summed E-state index contributed by atoms with van der Waals surface area (Å²) in [5.41, 5.74) is 0.833. The number of aryl methyl sites for hydroxylation is 1. The van der Waals surface area contributed by atoms with Crippen molar-refractivity contribution in [2.75, 3.05) is 29.9 Å². The minimum atomic E-state index is -3.69. The first kappa shape index (κ1) is 22.4. The first-order valence-electron chi connectivity index (χ1n) is 9.75. The maximum atomic E-state index is 12.8. The smallest absolute Gasteiger partial charge is 0.256 e. The first-order chi connectivity index (χ1) is 14.1. The molecule has 1 aromatic carbocycles. The van der Waals surface area contributed by atoms with Gasteiger partial charge in [-0.2, -0.15) is 9.40 Å². The van der Waals surface area contributed by atoms with Crippen LogP contribution in [0, 0.1) is 6.92 Å². The Morgan fingerprint density at radius 3 is 2.57 bits per heavy atom. The van der Waals surface area contributed by atoms with Crippen LogP contribution in [0.3, 0.4) is 0 Å². The van der Waals surface area contributed by atoms with Gasteiger partial charge in [-0.05, 0) is 31.5 Å². The summed E-state index contributed by atoms with van der Waals surface area (Å²) in [6, 6.07) is 7.19. The zero-order valence-electron chi connectivity index (χ0n) is 17.2. The quantitative estimate of drug-likeness (QED) is 0.682. The van der Waals surface area contributed by atoms with Crippen LogP contribution in [0.5, 0.6) is 0 Å². The topological polar surface area (TPSA) is 118 Å². The van der Waals surface area contributed by atoms with Gasteiger partial charge in [0, 0.05) is 24.7 Å². The average molecular weight is 455 g/mol. The van der Waals surface area contributed by atoms with Crippen LogP contribution in [-0.4, -0.2) is 61.4 Å². The zero-order valence-corrected chi connectivity index (χ0v) is 18.8. The standard InChI is InChI=1S/C19H26N4O5S2/c1-4-22(5-2)30(27,28)17-8-6-7-15(12-17)19(24)20-18-11-14(3)21-23(18)16-9-10-29(25,26)13-16/h6-8,11-12,16H,4-5,9-10,13H2,1-3H3,(H,20,24)/t16-/m1/s1. The summed E-state index contributed by atoms with van der Waals surface area (Å²) < 4.78 is 52.0. The van der Waals surface area contributed by atoms with Gasteiger partial charge in [-0.25, -0.2) is 21.5 Å². The maximum absolute atomic E-state index is 12.8. The van der Waals surface area contributed by atoms with E-state index < -0.39 is 25.8 Å². The van der Waals surface area contributed by atoms with Crippen LogP contribution in [0.4, 0.5) is 5.82 Å². The third kappa shape index (κ3) is 4.57. The molecule has 0 saturated carbocycles. The van der Waals surface area contributed by atoms with Crippen LogP contribution in [-0.2, 0) is 19.9 Å². The second-order valence-corrected chi connectivity index (χ2v) is 11.4. The highest BCUT2D eigenvalue weighted by Gasteiger charge is 2.31. The van der Waals surface area contributed by atoms with Crippen LogP contribution in [0.15, 0.2) is 35.2 Å². The summed E-state index contributed by atoms with van der Waals surface area (Å²) in [6.45, 7) is 5.93. The van der Waals surface area contributed by atoms with Crippen LogP contribution in [0.1, 0.15) is 42.4 Å². The van der Waals surface area contributed by atoms with Crippen molar-refractivity contribution in [1.29, 1.82) is 0 Å². The van der Waals surface area contributed by atoms with Crippen molar-refractivity contribution in [3.8, 4) is 0 Å². The van der Waals surface area contributed by atoms with Gasteiger partial charge in [-0.3, -0.25) is 4.79 Å². The minimum absolute atomic E-state index is 0.0193. The Morgan fingerprint density at radius 2 is 1.97 bits per heavy atom. The molecule has 1 aromatic heterocycles. The maximum Gasteiger partial charge on any atom is 0.256 e. The van der Waals surface area contributed by atoms with Crippen molar-refractivity contribution < 1.29 is 21.6 Å². The Kier molecular flexibility index (Phi) is 6.34. The molecule has 0 bridgehead atoms. The summed E-state index contributed by atoms with van der Waals surface area (Å²) >= 11 is 0. The van der Waals surface area contributed by atoms with Crippen molar-refractivity contribution >= 4 is 31.6 Å². The van der Waals surface area contributed by atoms with Crippen LogP contribution in [0.2, 0.25) is 0 Å². The molecule has 0 aliphatic carbocycles. The van der Waals surface area contributed by atoms with Crippen molar-refractivity contribution in [2.24, 2.45) is 0 Å². The van der Waals surface area contributed by atoms with Gasteiger partial charge >= 0.3 is 0 Å². The lowest BCUT2D eigenvalue weighted by Crippen LogP contribution is -2.30. The Labute approximate surface area is 177 Å². The van der Waals surface area contributed by atoms with Gasteiger partial charge < -0.3 is 5.32 Å². The predicted molar refractivity (Wildman–Crippen MR) is 114 cm³/mol. The Hall–Kier alpha value is -2.24. The van der Waals surface area contributed by atoms with Gasteiger partial charge in [0.1, 0.15) is 5.82 Å². The lowest BCUT2D eigenvalue weighted by molar-refractivity contribution is 0.102. The summed E-state index contributed by atoms with van der Waals surface area (Å²) in [4.78, 5) is 12.9. The second-order valence-electron chi connectivity index (χ2n) is 7.24. The first-order valence-corrected chi connectivity index (χ1v) is 13.0. The van der Waals surface area contributed by atoms with E-state index in [4.69, 9.17) is 0 Å². The molecular formula is C19H26N4O5S2. The third-order valence-corrected chi connectivity index (χ3v) is 8.89. The van der Waals surface area contributed by atoms with Crippen molar-refractivity contribution in [1.82, 2.24) is 14.1 Å². The largest absolute Gasteiger partial charge is 0.307 e. The second kappa shape index (κ2) is 8.48. The fraction of sp³-hybridized carbons (Fsp3) is 0.474. The van der Waals surface area contributed by atoms with Crippen LogP contribution >= 0.6 is 0 Å². The van der Waals surface area contributed by atoms with E-state index in [-0.39, 0.29) is 28.0 Å². The number of carbonyl (C=O) groups is 1. The average Bonchev–Trinajstić information content (AvgIpc) is 3.24. The van der Waals surface area contributed by atoms with Crippen molar-refractivity contribution in [2.45, 2.75) is 38.1 Å². The van der Waals surface area contributed by atoms with E-state index in [1.54, 1.807) is 26.8 Å². The Balaban J connectivity index is 1.86. The number of anilines is 1. The zero-order chi connectivity index (χ0) is 22.1. The van der Waals surface area contributed by atoms with E-state index in [2.05, 4.69) is 10.4 Å². The molecule has 3 rings (SSSR count). The molecule has 164 valence electrons. The molecule has 1 amide bonds. The van der Waals surface area contributed by atoms with Gasteiger partial charge in [0.15, 0.2) is 9.84 Å². The van der Waals surface area contributed by atoms with Gasteiger partial charge in [0.25, 0.3) is 5.91 Å². The molecule has 0 unspecified atom stereocenters. The molecule has 1 atom stereocenters. The number of rotatable bonds is 7. The SMILES string of the molecule is CCN(CC)S(=O)(=O)c1cccc(C(=O)Nc2cc(C)nn2[C@@H]2CCS(=O)(=O)C2)c1. The molecule has 1 fully saturated rings. The number of hydrogen-bond donors (Lipinski definition) is 1. The lowest BCUT2D eigenvalue weighted by Gasteiger charge is -2.19. The summed E-state index contributed by atoms with van der Waals surface area (Å²) in [6.07, 6.45) is 0.434. The van der Waals surface area contributed by atoms with Crippen LogP contribution < -0.4 is 5.32 Å². The number of nitrogens with one attached hydrogen (secondary N) is 1. The number of aromatic nitrogens is 2. The predicted octanol–water partition coefficient (Wildman–Crippen LogP) is 1.83. The van der Waals surface area contributed by atoms with Crippen molar-refractivity contribution in [3.63, 3.8) is 0 Å². The normalized spacial score (nSPS) is 18.6. The number of hydrogen-bond acceptors (Lipinski definition) is 6. The summed E-state index contributed by atoms with van der Waals surface area (Å²) in [7, 11) is -6.80. The number of nitrogens with zero attached hydrogens (tertiary/aromatic N) is 3. The molecule has 1 aliphatic heterocycles. The van der Waals surface area contributed by atoms with E-state index in [1.165, 1.54) is 33.3 Å². The number of benzene rings is 1. The summed E-state index contributed by atoms with van der Waals surface area (Å²) in [5.74, 6) is -0.0331. The minimum Gasteiger partial charge on any atom is -0.307 e. The van der Waals surface area contributed by atoms with Gasteiger partial charge in [-0.15, -0.1) is 0 Å². The molecule has 2 heterocycles. The highest BCUT2D eigenvalue weighted by Crippen LogP contribution is 2.27. The number of sulfonamides is 1. The molecule has 30 heavy (non-hydrogen) atoms. The number of carbonyl (C=O) groups excluding carboxylic acids is 1.